The Kier molecular flexibility index (Phi) is 7.49. The number of anilines is 3. The fourth-order valence-corrected chi connectivity index (χ4v) is 5.13. The summed E-state index contributed by atoms with van der Waals surface area (Å²) in [6.45, 7) is 1.17. The molecule has 0 bridgehead atoms. The van der Waals surface area contributed by atoms with Crippen LogP contribution in [0.4, 0.5) is 21.5 Å². The number of nitrogens with one attached hydrogen (secondary N) is 2. The van der Waals surface area contributed by atoms with Crippen LogP contribution in [0.15, 0.2) is 71.6 Å². The van der Waals surface area contributed by atoms with Gasteiger partial charge in [-0.15, -0.1) is 0 Å². The topological polar surface area (TPSA) is 113 Å². The van der Waals surface area contributed by atoms with Gasteiger partial charge in [-0.1, -0.05) is 29.8 Å². The number of nitrogens with zero attached hydrogens (tertiary/aromatic N) is 1. The highest BCUT2D eigenvalue weighted by molar-refractivity contribution is 7.92. The van der Waals surface area contributed by atoms with Crippen molar-refractivity contribution in [3.8, 4) is 0 Å². The Morgan fingerprint density at radius 1 is 1.00 bits per heavy atom. The molecule has 0 aliphatic rings. The Morgan fingerprint density at radius 2 is 1.65 bits per heavy atom. The summed E-state index contributed by atoms with van der Waals surface area (Å²) < 4.78 is 66.4. The van der Waals surface area contributed by atoms with Crippen molar-refractivity contribution in [3.05, 3.63) is 83.1 Å². The fourth-order valence-electron chi connectivity index (χ4n) is 2.98. The maximum absolute atomic E-state index is 13.4. The zero-order valence-electron chi connectivity index (χ0n) is 18.1. The number of benzene rings is 3. The van der Waals surface area contributed by atoms with Crippen LogP contribution >= 0.6 is 11.6 Å². The molecule has 0 aliphatic carbocycles. The largest absolute Gasteiger partial charge is 0.325 e. The molecule has 12 heteroatoms. The van der Waals surface area contributed by atoms with Gasteiger partial charge >= 0.3 is 0 Å². The van der Waals surface area contributed by atoms with Crippen LogP contribution < -0.4 is 14.3 Å². The molecule has 0 aliphatic heterocycles. The molecule has 8 nitrogen and oxygen atoms in total. The molecule has 3 aromatic rings. The molecule has 3 rings (SSSR count). The molecule has 3 aromatic carbocycles. The minimum atomic E-state index is -3.89. The lowest BCUT2D eigenvalue weighted by Crippen LogP contribution is -2.37. The van der Waals surface area contributed by atoms with Crippen LogP contribution in [-0.4, -0.2) is 35.5 Å². The Balaban J connectivity index is 1.73. The van der Waals surface area contributed by atoms with Crippen molar-refractivity contribution >= 4 is 54.6 Å². The highest BCUT2D eigenvalue weighted by Crippen LogP contribution is 2.25. The highest BCUT2D eigenvalue weighted by atomic mass is 35.5. The summed E-state index contributed by atoms with van der Waals surface area (Å²) in [6.07, 6.45) is 0.901. The molecule has 34 heavy (non-hydrogen) atoms. The van der Waals surface area contributed by atoms with Crippen molar-refractivity contribution in [1.29, 1.82) is 0 Å². The fraction of sp³-hybridized carbons (Fsp3) is 0.136. The van der Waals surface area contributed by atoms with Gasteiger partial charge in [0, 0.05) is 5.69 Å². The number of hydrogen-bond acceptors (Lipinski definition) is 5. The van der Waals surface area contributed by atoms with E-state index in [1.165, 1.54) is 30.3 Å². The minimum Gasteiger partial charge on any atom is -0.325 e. The number of amides is 1. The number of carbonyl (C=O) groups is 1. The van der Waals surface area contributed by atoms with E-state index in [0.717, 1.165) is 28.3 Å². The summed E-state index contributed by atoms with van der Waals surface area (Å²) in [5, 5.41) is 2.22. The van der Waals surface area contributed by atoms with E-state index < -0.39 is 38.3 Å². The molecule has 0 radical (unpaired) electrons. The van der Waals surface area contributed by atoms with Crippen molar-refractivity contribution in [3.63, 3.8) is 0 Å². The van der Waals surface area contributed by atoms with Gasteiger partial charge in [-0.2, -0.15) is 0 Å². The van der Waals surface area contributed by atoms with E-state index >= 15 is 0 Å². The monoisotopic (exact) mass is 525 g/mol. The number of carbonyl (C=O) groups excluding carboxylic acids is 1. The Bertz CT molecular complexity index is 1430. The van der Waals surface area contributed by atoms with Gasteiger partial charge < -0.3 is 5.32 Å². The van der Waals surface area contributed by atoms with Crippen LogP contribution in [0, 0.1) is 12.7 Å². The average Bonchev–Trinajstić information content (AvgIpc) is 2.75. The van der Waals surface area contributed by atoms with Gasteiger partial charge in [0.25, 0.3) is 10.0 Å². The lowest BCUT2D eigenvalue weighted by atomic mass is 10.2. The zero-order chi connectivity index (χ0) is 25.1. The summed E-state index contributed by atoms with van der Waals surface area (Å²) in [5.74, 6) is -1.42. The first-order valence-corrected chi connectivity index (χ1v) is 13.5. The van der Waals surface area contributed by atoms with Gasteiger partial charge in [0.15, 0.2) is 0 Å². The number of hydrogen-bond donors (Lipinski definition) is 2. The molecular formula is C22H21ClFN3O5S2. The Labute approximate surface area is 202 Å². The summed E-state index contributed by atoms with van der Waals surface area (Å²) in [6, 6.07) is 15.6. The number of sulfonamides is 2. The molecule has 0 spiro atoms. The Morgan fingerprint density at radius 3 is 2.24 bits per heavy atom. The molecule has 0 saturated heterocycles. The van der Waals surface area contributed by atoms with Crippen molar-refractivity contribution in [2.24, 2.45) is 0 Å². The number of aryl methyl sites for hydroxylation is 1. The van der Waals surface area contributed by atoms with Crippen LogP contribution in [0.25, 0.3) is 0 Å². The molecule has 0 saturated carbocycles. The smallest absolute Gasteiger partial charge is 0.261 e. The first-order chi connectivity index (χ1) is 15.9. The number of rotatable bonds is 8. The molecule has 0 aromatic heterocycles. The van der Waals surface area contributed by atoms with Crippen LogP contribution in [0.3, 0.4) is 0 Å². The van der Waals surface area contributed by atoms with Crippen molar-refractivity contribution < 1.29 is 26.0 Å². The van der Waals surface area contributed by atoms with Crippen LogP contribution in [0.1, 0.15) is 5.56 Å². The quantitative estimate of drug-likeness (QED) is 0.461. The van der Waals surface area contributed by atoms with Crippen LogP contribution in [0.5, 0.6) is 0 Å². The van der Waals surface area contributed by atoms with Gasteiger partial charge in [0.2, 0.25) is 15.9 Å². The van der Waals surface area contributed by atoms with E-state index in [-0.39, 0.29) is 21.3 Å². The van der Waals surface area contributed by atoms with E-state index in [9.17, 15) is 26.0 Å². The van der Waals surface area contributed by atoms with Crippen LogP contribution in [0.2, 0.25) is 5.02 Å². The SMILES string of the molecule is Cc1ccccc1NS(=O)(=O)c1ccc(NC(=O)CN(c2ccc(F)c(Cl)c2)S(C)(=O)=O)cc1. The number of para-hydroxylation sites is 1. The maximum atomic E-state index is 13.4. The van der Waals surface area contributed by atoms with Gasteiger partial charge in [-0.05, 0) is 61.0 Å². The van der Waals surface area contributed by atoms with Gasteiger partial charge in [-0.3, -0.25) is 13.8 Å². The molecular weight excluding hydrogens is 505 g/mol. The van der Waals surface area contributed by atoms with Gasteiger partial charge in [0.05, 0.1) is 27.5 Å². The Hall–Kier alpha value is -3.15. The predicted octanol–water partition coefficient (Wildman–Crippen LogP) is 3.99. The van der Waals surface area contributed by atoms with Crippen molar-refractivity contribution in [1.82, 2.24) is 0 Å². The second-order valence-electron chi connectivity index (χ2n) is 7.36. The molecule has 0 fully saturated rings. The van der Waals surface area contributed by atoms with Crippen molar-refractivity contribution in [2.45, 2.75) is 11.8 Å². The standard InChI is InChI=1S/C22H21ClFN3O5S2/c1-15-5-3-4-6-21(15)26-34(31,32)18-10-7-16(8-11-18)25-22(28)14-27(33(2,29)30)17-9-12-20(24)19(23)13-17/h3-13,26H,14H2,1-2H3,(H,25,28). The van der Waals surface area contributed by atoms with E-state index in [4.69, 9.17) is 11.6 Å². The second-order valence-corrected chi connectivity index (χ2v) is 11.4. The van der Waals surface area contributed by atoms with E-state index in [0.29, 0.717) is 5.69 Å². The molecule has 0 atom stereocenters. The van der Waals surface area contributed by atoms with E-state index in [2.05, 4.69) is 10.0 Å². The maximum Gasteiger partial charge on any atom is 0.261 e. The third-order valence-electron chi connectivity index (χ3n) is 4.72. The van der Waals surface area contributed by atoms with Gasteiger partial charge in [-0.25, -0.2) is 21.2 Å². The molecule has 180 valence electrons. The first-order valence-electron chi connectivity index (χ1n) is 9.78. The first kappa shape index (κ1) is 25.5. The third kappa shape index (κ3) is 6.25. The molecule has 2 N–H and O–H groups in total. The normalized spacial score (nSPS) is 11.6. The second kappa shape index (κ2) is 10.00. The molecule has 0 unspecified atom stereocenters. The molecule has 1 amide bonds. The zero-order valence-corrected chi connectivity index (χ0v) is 20.5. The summed E-state index contributed by atoms with van der Waals surface area (Å²) in [5.41, 5.74) is 1.48. The average molecular weight is 526 g/mol. The van der Waals surface area contributed by atoms with E-state index in [1.807, 2.05) is 0 Å². The summed E-state index contributed by atoms with van der Waals surface area (Å²) in [4.78, 5) is 12.5. The lowest BCUT2D eigenvalue weighted by molar-refractivity contribution is -0.114. The number of halogens is 2. The van der Waals surface area contributed by atoms with E-state index in [1.54, 1.807) is 31.2 Å². The highest BCUT2D eigenvalue weighted by Gasteiger charge is 2.22. The summed E-state index contributed by atoms with van der Waals surface area (Å²) >= 11 is 5.73. The van der Waals surface area contributed by atoms with Crippen molar-refractivity contribution in [2.75, 3.05) is 27.1 Å². The van der Waals surface area contributed by atoms with Gasteiger partial charge in [0.1, 0.15) is 12.4 Å². The molecule has 0 heterocycles. The van der Waals surface area contributed by atoms with Crippen LogP contribution in [-0.2, 0) is 24.8 Å². The predicted molar refractivity (Wildman–Crippen MR) is 131 cm³/mol. The minimum absolute atomic E-state index is 0.0209. The summed E-state index contributed by atoms with van der Waals surface area (Å²) in [7, 11) is -7.75. The third-order valence-corrected chi connectivity index (χ3v) is 7.53. The lowest BCUT2D eigenvalue weighted by Gasteiger charge is -2.22.